The maximum absolute atomic E-state index is 10.5. The molecule has 0 aromatic heterocycles. The lowest BCUT2D eigenvalue weighted by atomic mass is 10.2. The van der Waals surface area contributed by atoms with E-state index in [0.29, 0.717) is 0 Å². The highest BCUT2D eigenvalue weighted by atomic mass is 16.1. The average Bonchev–Trinajstić information content (AvgIpc) is 2.36. The topological polar surface area (TPSA) is 20.3 Å². The van der Waals surface area contributed by atoms with Crippen molar-refractivity contribution in [2.75, 3.05) is 13.1 Å². The van der Waals surface area contributed by atoms with Crippen LogP contribution in [-0.2, 0) is 4.79 Å². The molecule has 0 spiro atoms. The molecule has 1 atom stereocenters. The molecule has 10 heavy (non-hydrogen) atoms. The van der Waals surface area contributed by atoms with E-state index in [0.717, 1.165) is 32.2 Å². The maximum Gasteiger partial charge on any atom is 0.137 e. The smallest absolute Gasteiger partial charge is 0.137 e. The van der Waals surface area contributed by atoms with Crippen LogP contribution in [-0.4, -0.2) is 30.3 Å². The molecular formula is C8H15NO. The molecule has 1 fully saturated rings. The summed E-state index contributed by atoms with van der Waals surface area (Å²) in [6.45, 7) is 4.36. The Kier molecular flexibility index (Phi) is 2.87. The first-order chi connectivity index (χ1) is 4.88. The normalized spacial score (nSPS) is 27.1. The predicted octanol–water partition coefficient (Wildman–Crippen LogP) is 1.06. The number of likely N-dealkylation sites (tertiary alicyclic amines) is 1. The van der Waals surface area contributed by atoms with E-state index in [2.05, 4.69) is 11.8 Å². The number of carbonyl (C=O) groups is 1. The van der Waals surface area contributed by atoms with Gasteiger partial charge in [-0.25, -0.2) is 0 Å². The highest BCUT2D eigenvalue weighted by molar-refractivity contribution is 5.58. The van der Waals surface area contributed by atoms with E-state index >= 15 is 0 Å². The quantitative estimate of drug-likeness (QED) is 0.548. The third kappa shape index (κ3) is 1.57. The van der Waals surface area contributed by atoms with Crippen LogP contribution in [0, 0.1) is 0 Å². The number of nitrogens with zero attached hydrogens (tertiary/aromatic N) is 1. The lowest BCUT2D eigenvalue weighted by Crippen LogP contribution is -2.30. The molecule has 0 aromatic carbocycles. The summed E-state index contributed by atoms with van der Waals surface area (Å²) < 4.78 is 0. The summed E-state index contributed by atoms with van der Waals surface area (Å²) in [6.07, 6.45) is 4.51. The van der Waals surface area contributed by atoms with Crippen molar-refractivity contribution in [2.45, 2.75) is 32.2 Å². The number of hydrogen-bond donors (Lipinski definition) is 0. The Morgan fingerprint density at radius 1 is 1.70 bits per heavy atom. The van der Waals surface area contributed by atoms with Gasteiger partial charge in [0.2, 0.25) is 0 Å². The van der Waals surface area contributed by atoms with Crippen LogP contribution in [0.15, 0.2) is 0 Å². The molecule has 0 unspecified atom stereocenters. The number of carbonyl (C=O) groups excluding carboxylic acids is 1. The van der Waals surface area contributed by atoms with E-state index in [1.54, 1.807) is 0 Å². The average molecular weight is 141 g/mol. The first-order valence-electron chi connectivity index (χ1n) is 4.08. The van der Waals surface area contributed by atoms with Crippen LogP contribution in [0.25, 0.3) is 0 Å². The zero-order valence-electron chi connectivity index (χ0n) is 6.55. The summed E-state index contributed by atoms with van der Waals surface area (Å²) in [7, 11) is 0. The van der Waals surface area contributed by atoms with Gasteiger partial charge in [0.15, 0.2) is 0 Å². The van der Waals surface area contributed by atoms with Crippen LogP contribution in [0.3, 0.4) is 0 Å². The molecule has 0 saturated carbocycles. The highest BCUT2D eigenvalue weighted by Gasteiger charge is 2.22. The zero-order valence-corrected chi connectivity index (χ0v) is 6.55. The summed E-state index contributed by atoms with van der Waals surface area (Å²) in [5.41, 5.74) is 0. The van der Waals surface area contributed by atoms with Gasteiger partial charge in [-0.15, -0.1) is 0 Å². The number of rotatable bonds is 3. The Morgan fingerprint density at radius 3 is 3.10 bits per heavy atom. The molecule has 2 heteroatoms. The van der Waals surface area contributed by atoms with Crippen molar-refractivity contribution in [2.24, 2.45) is 0 Å². The molecule has 0 bridgehead atoms. The first kappa shape index (κ1) is 7.73. The van der Waals surface area contributed by atoms with Gasteiger partial charge in [0.25, 0.3) is 0 Å². The van der Waals surface area contributed by atoms with E-state index in [1.165, 1.54) is 6.42 Å². The van der Waals surface area contributed by atoms with Gasteiger partial charge >= 0.3 is 0 Å². The van der Waals surface area contributed by atoms with Crippen molar-refractivity contribution in [3.05, 3.63) is 0 Å². The highest BCUT2D eigenvalue weighted by Crippen LogP contribution is 2.14. The molecule has 0 aromatic rings. The second kappa shape index (κ2) is 3.71. The van der Waals surface area contributed by atoms with Crippen molar-refractivity contribution < 1.29 is 4.79 Å². The summed E-state index contributed by atoms with van der Waals surface area (Å²) >= 11 is 0. The van der Waals surface area contributed by atoms with Gasteiger partial charge in [0.1, 0.15) is 6.29 Å². The summed E-state index contributed by atoms with van der Waals surface area (Å²) in [4.78, 5) is 12.7. The van der Waals surface area contributed by atoms with Gasteiger partial charge in [0.05, 0.1) is 6.04 Å². The van der Waals surface area contributed by atoms with E-state index in [9.17, 15) is 4.79 Å². The first-order valence-corrected chi connectivity index (χ1v) is 4.08. The Hall–Kier alpha value is -0.370. The predicted molar refractivity (Wildman–Crippen MR) is 41.0 cm³/mol. The minimum atomic E-state index is 0.236. The Labute approximate surface area is 62.2 Å². The van der Waals surface area contributed by atoms with Crippen molar-refractivity contribution in [3.8, 4) is 0 Å². The van der Waals surface area contributed by atoms with Gasteiger partial charge in [0, 0.05) is 0 Å². The van der Waals surface area contributed by atoms with Crippen molar-refractivity contribution in [1.82, 2.24) is 4.90 Å². The van der Waals surface area contributed by atoms with Crippen molar-refractivity contribution >= 4 is 6.29 Å². The minimum absolute atomic E-state index is 0.236. The van der Waals surface area contributed by atoms with E-state index in [4.69, 9.17) is 0 Å². The molecule has 1 rings (SSSR count). The monoisotopic (exact) mass is 141 g/mol. The lowest BCUT2D eigenvalue weighted by molar-refractivity contribution is -0.111. The molecule has 0 aliphatic carbocycles. The van der Waals surface area contributed by atoms with Crippen LogP contribution in [0.1, 0.15) is 26.2 Å². The fourth-order valence-corrected chi connectivity index (χ4v) is 1.57. The third-order valence-corrected chi connectivity index (χ3v) is 2.08. The molecule has 58 valence electrons. The molecule has 0 radical (unpaired) electrons. The fourth-order valence-electron chi connectivity index (χ4n) is 1.57. The van der Waals surface area contributed by atoms with E-state index < -0.39 is 0 Å². The number of aldehydes is 1. The lowest BCUT2D eigenvalue weighted by Gasteiger charge is -2.17. The van der Waals surface area contributed by atoms with Gasteiger partial charge in [-0.05, 0) is 32.4 Å². The molecule has 1 aliphatic heterocycles. The van der Waals surface area contributed by atoms with Crippen LogP contribution in [0.2, 0.25) is 0 Å². The van der Waals surface area contributed by atoms with Crippen LogP contribution in [0.5, 0.6) is 0 Å². The molecule has 1 heterocycles. The molecule has 1 saturated heterocycles. The zero-order chi connectivity index (χ0) is 7.40. The second-order valence-corrected chi connectivity index (χ2v) is 2.88. The Balaban J connectivity index is 2.34. The number of hydrogen-bond acceptors (Lipinski definition) is 2. The van der Waals surface area contributed by atoms with Gasteiger partial charge in [-0.2, -0.15) is 0 Å². The molecule has 0 amide bonds. The SMILES string of the molecule is CCCN1CCC[C@@H]1C=O. The molecule has 2 nitrogen and oxygen atoms in total. The molecule has 1 aliphatic rings. The second-order valence-electron chi connectivity index (χ2n) is 2.88. The van der Waals surface area contributed by atoms with Crippen LogP contribution >= 0.6 is 0 Å². The van der Waals surface area contributed by atoms with E-state index in [-0.39, 0.29) is 6.04 Å². The fraction of sp³-hybridized carbons (Fsp3) is 0.875. The largest absolute Gasteiger partial charge is 0.302 e. The standard InChI is InChI=1S/C8H15NO/c1-2-5-9-6-3-4-8(9)7-10/h7-8H,2-6H2,1H3/t8-/m1/s1. The Bertz CT molecular complexity index is 114. The van der Waals surface area contributed by atoms with Crippen molar-refractivity contribution in [3.63, 3.8) is 0 Å². The molecule has 0 N–H and O–H groups in total. The minimum Gasteiger partial charge on any atom is -0.302 e. The van der Waals surface area contributed by atoms with Gasteiger partial charge < -0.3 is 4.79 Å². The van der Waals surface area contributed by atoms with Gasteiger partial charge in [-0.1, -0.05) is 6.92 Å². The maximum atomic E-state index is 10.5. The molecular weight excluding hydrogens is 126 g/mol. The summed E-state index contributed by atoms with van der Waals surface area (Å²) in [5, 5.41) is 0. The van der Waals surface area contributed by atoms with Gasteiger partial charge in [-0.3, -0.25) is 4.90 Å². The van der Waals surface area contributed by atoms with E-state index in [1.807, 2.05) is 0 Å². The summed E-state index contributed by atoms with van der Waals surface area (Å²) in [6, 6.07) is 0.236. The van der Waals surface area contributed by atoms with Crippen molar-refractivity contribution in [1.29, 1.82) is 0 Å². The summed E-state index contributed by atoms with van der Waals surface area (Å²) in [5.74, 6) is 0. The van der Waals surface area contributed by atoms with Crippen LogP contribution < -0.4 is 0 Å². The Morgan fingerprint density at radius 2 is 2.50 bits per heavy atom. The third-order valence-electron chi connectivity index (χ3n) is 2.08. The van der Waals surface area contributed by atoms with Crippen LogP contribution in [0.4, 0.5) is 0 Å².